The van der Waals surface area contributed by atoms with Gasteiger partial charge in [0, 0.05) is 35.8 Å². The summed E-state index contributed by atoms with van der Waals surface area (Å²) in [5.74, 6) is 1.75. The van der Waals surface area contributed by atoms with Gasteiger partial charge in [-0.1, -0.05) is 0 Å². The zero-order chi connectivity index (χ0) is 17.3. The van der Waals surface area contributed by atoms with Crippen LogP contribution in [0, 0.1) is 0 Å². The predicted octanol–water partition coefficient (Wildman–Crippen LogP) is 2.54. The molecule has 5 rings (SSSR count). The zero-order valence-electron chi connectivity index (χ0n) is 14.1. The second kappa shape index (κ2) is 6.27. The Morgan fingerprint density at radius 3 is 2.85 bits per heavy atom. The summed E-state index contributed by atoms with van der Waals surface area (Å²) in [5, 5.41) is 8.71. The molecule has 1 fully saturated rings. The maximum Gasteiger partial charge on any atom is 0.333 e. The predicted molar refractivity (Wildman–Crippen MR) is 96.6 cm³/mol. The number of benzene rings is 1. The van der Waals surface area contributed by atoms with Gasteiger partial charge in [-0.25, -0.2) is 4.98 Å². The van der Waals surface area contributed by atoms with Crippen molar-refractivity contribution in [3.8, 4) is 22.6 Å². The van der Waals surface area contributed by atoms with E-state index < -0.39 is 0 Å². The molecule has 0 radical (unpaired) electrons. The standard InChI is InChI=1S/C19H17N5O2/c1-2-16-15(9-13(1)17-11-20-12-26-17)19(23-22-16)14-3-4-21-18(10-14)24-5-7-25-8-6-24/h1-4,9-12H,5-8H2,(H,22,23)/p+1. The van der Waals surface area contributed by atoms with E-state index in [0.717, 1.165) is 65.6 Å². The number of hydrogen-bond donors (Lipinski definition) is 1. The highest BCUT2D eigenvalue weighted by Gasteiger charge is 2.16. The average molecular weight is 348 g/mol. The van der Waals surface area contributed by atoms with E-state index in [0.29, 0.717) is 0 Å². The van der Waals surface area contributed by atoms with Crippen LogP contribution in [0.1, 0.15) is 0 Å². The summed E-state index contributed by atoms with van der Waals surface area (Å²) < 4.78 is 10.9. The molecule has 0 bridgehead atoms. The minimum atomic E-state index is 0.737. The van der Waals surface area contributed by atoms with Crippen molar-refractivity contribution >= 4 is 16.7 Å². The van der Waals surface area contributed by atoms with Crippen molar-refractivity contribution in [2.75, 3.05) is 31.2 Å². The van der Waals surface area contributed by atoms with E-state index in [1.807, 2.05) is 30.6 Å². The van der Waals surface area contributed by atoms with E-state index in [9.17, 15) is 0 Å². The smallest absolute Gasteiger partial charge is 0.333 e. The lowest BCUT2D eigenvalue weighted by molar-refractivity contribution is -0.383. The fourth-order valence-corrected chi connectivity index (χ4v) is 3.31. The number of anilines is 1. The first-order valence-electron chi connectivity index (χ1n) is 8.61. The van der Waals surface area contributed by atoms with Crippen molar-refractivity contribution in [3.05, 3.63) is 49.1 Å². The van der Waals surface area contributed by atoms with E-state index >= 15 is 0 Å². The van der Waals surface area contributed by atoms with Gasteiger partial charge in [0.05, 0.1) is 18.7 Å². The van der Waals surface area contributed by atoms with Gasteiger partial charge in [-0.05, 0) is 30.3 Å². The van der Waals surface area contributed by atoms with Crippen LogP contribution in [0.3, 0.4) is 0 Å². The van der Waals surface area contributed by atoms with Crippen LogP contribution in [-0.2, 0) is 4.74 Å². The molecule has 4 heterocycles. The van der Waals surface area contributed by atoms with Gasteiger partial charge in [-0.2, -0.15) is 10.1 Å². The molecule has 130 valence electrons. The summed E-state index contributed by atoms with van der Waals surface area (Å²) >= 11 is 0. The lowest BCUT2D eigenvalue weighted by Crippen LogP contribution is -2.36. The quantitative estimate of drug-likeness (QED) is 0.615. The van der Waals surface area contributed by atoms with E-state index in [1.54, 1.807) is 6.39 Å². The van der Waals surface area contributed by atoms with E-state index in [1.165, 1.54) is 0 Å². The Labute approximate surface area is 149 Å². The van der Waals surface area contributed by atoms with Crippen LogP contribution >= 0.6 is 0 Å². The second-order valence-corrected chi connectivity index (χ2v) is 6.25. The minimum Gasteiger partial charge on any atom is -0.404 e. The summed E-state index contributed by atoms with van der Waals surface area (Å²) in [6.45, 7) is 3.19. The third-order valence-corrected chi connectivity index (χ3v) is 4.67. The highest BCUT2D eigenvalue weighted by Crippen LogP contribution is 2.31. The van der Waals surface area contributed by atoms with E-state index in [4.69, 9.17) is 9.15 Å². The van der Waals surface area contributed by atoms with E-state index in [-0.39, 0.29) is 0 Å². The maximum absolute atomic E-state index is 5.47. The third kappa shape index (κ3) is 2.62. The van der Waals surface area contributed by atoms with Gasteiger partial charge in [0.1, 0.15) is 11.5 Å². The fraction of sp³-hybridized carbons (Fsp3) is 0.211. The molecule has 0 aliphatic carbocycles. The number of oxazole rings is 1. The number of morpholine rings is 1. The van der Waals surface area contributed by atoms with Crippen LogP contribution in [0.4, 0.5) is 5.82 Å². The van der Waals surface area contributed by atoms with Gasteiger partial charge in [0.15, 0.2) is 0 Å². The Morgan fingerprint density at radius 2 is 2.00 bits per heavy atom. The normalized spacial score (nSPS) is 14.8. The van der Waals surface area contributed by atoms with Gasteiger partial charge in [-0.3, -0.25) is 5.10 Å². The molecule has 7 nitrogen and oxygen atoms in total. The number of H-pyrrole nitrogens is 2. The van der Waals surface area contributed by atoms with Crippen LogP contribution in [0.25, 0.3) is 33.5 Å². The number of aromatic nitrogens is 4. The number of fused-ring (bicyclic) bond motifs is 1. The number of pyridine rings is 1. The molecule has 26 heavy (non-hydrogen) atoms. The second-order valence-electron chi connectivity index (χ2n) is 6.25. The van der Waals surface area contributed by atoms with Crippen molar-refractivity contribution in [3.63, 3.8) is 0 Å². The summed E-state index contributed by atoms with van der Waals surface area (Å²) in [4.78, 5) is 9.71. The molecule has 1 aromatic carbocycles. The number of rotatable bonds is 3. The number of nitrogens with one attached hydrogen (secondary N) is 2. The Bertz CT molecular complexity index is 1040. The summed E-state index contributed by atoms with van der Waals surface area (Å²) in [7, 11) is 0. The van der Waals surface area contributed by atoms with Gasteiger partial charge >= 0.3 is 6.39 Å². The van der Waals surface area contributed by atoms with Crippen LogP contribution in [0.5, 0.6) is 0 Å². The molecule has 0 spiro atoms. The molecule has 4 aromatic rings. The Balaban J connectivity index is 1.57. The topological polar surface area (TPSA) is 81.3 Å². The van der Waals surface area contributed by atoms with Crippen LogP contribution in [-0.4, -0.2) is 41.5 Å². The Morgan fingerprint density at radius 1 is 1.08 bits per heavy atom. The molecule has 3 aromatic heterocycles. The summed E-state index contributed by atoms with van der Waals surface area (Å²) in [5.41, 5.74) is 3.94. The lowest BCUT2D eigenvalue weighted by Gasteiger charge is -2.27. The highest BCUT2D eigenvalue weighted by atomic mass is 16.5. The molecule has 2 N–H and O–H groups in total. The Hall–Kier alpha value is -3.19. The molecule has 0 atom stereocenters. The number of nitrogens with zero attached hydrogens (tertiary/aromatic N) is 3. The fourth-order valence-electron chi connectivity index (χ4n) is 3.31. The van der Waals surface area contributed by atoms with Crippen molar-refractivity contribution < 1.29 is 14.1 Å². The maximum atomic E-state index is 5.47. The van der Waals surface area contributed by atoms with Crippen molar-refractivity contribution in [2.45, 2.75) is 0 Å². The summed E-state index contributed by atoms with van der Waals surface area (Å²) in [6, 6.07) is 10.2. The molecule has 0 unspecified atom stereocenters. The number of aromatic amines is 2. The van der Waals surface area contributed by atoms with Crippen LogP contribution in [0.15, 0.2) is 53.5 Å². The third-order valence-electron chi connectivity index (χ3n) is 4.67. The average Bonchev–Trinajstić information content (AvgIpc) is 3.38. The number of ether oxygens (including phenoxy) is 1. The Kier molecular flexibility index (Phi) is 3.64. The van der Waals surface area contributed by atoms with Gasteiger partial charge in [0.2, 0.25) is 12.0 Å². The molecule has 1 aliphatic heterocycles. The van der Waals surface area contributed by atoms with Gasteiger partial charge in [-0.15, -0.1) is 0 Å². The van der Waals surface area contributed by atoms with Crippen molar-refractivity contribution in [1.29, 1.82) is 0 Å². The van der Waals surface area contributed by atoms with Crippen molar-refractivity contribution in [1.82, 2.24) is 15.2 Å². The molecule has 7 heteroatoms. The lowest BCUT2D eigenvalue weighted by atomic mass is 10.1. The molecule has 1 saturated heterocycles. The molecule has 1 aliphatic rings. The van der Waals surface area contributed by atoms with Crippen molar-refractivity contribution in [2.24, 2.45) is 0 Å². The first kappa shape index (κ1) is 15.1. The first-order chi connectivity index (χ1) is 12.9. The van der Waals surface area contributed by atoms with E-state index in [2.05, 4.69) is 37.2 Å². The molecule has 0 amide bonds. The minimum absolute atomic E-state index is 0.737. The molecular weight excluding hydrogens is 330 g/mol. The van der Waals surface area contributed by atoms with Crippen LogP contribution in [0.2, 0.25) is 0 Å². The number of hydrogen-bond acceptors (Lipinski definition) is 5. The monoisotopic (exact) mass is 348 g/mol. The largest absolute Gasteiger partial charge is 0.404 e. The summed E-state index contributed by atoms with van der Waals surface area (Å²) in [6.07, 6.45) is 5.24. The van der Waals surface area contributed by atoms with Crippen LogP contribution < -0.4 is 9.88 Å². The zero-order valence-corrected chi connectivity index (χ0v) is 14.1. The highest BCUT2D eigenvalue weighted by molar-refractivity contribution is 5.95. The van der Waals surface area contributed by atoms with Gasteiger partial charge < -0.3 is 14.1 Å². The SMILES string of the molecule is c1cc(-c2n[nH]c3ccc(-c4c[nH+]co4)cc23)cc(N2CCOCC2)n1. The van der Waals surface area contributed by atoms with Gasteiger partial charge in [0.25, 0.3) is 0 Å². The molecule has 0 saturated carbocycles. The molecular formula is C19H18N5O2+. The first-order valence-corrected chi connectivity index (χ1v) is 8.61.